The van der Waals surface area contributed by atoms with Crippen LogP contribution in [0.5, 0.6) is 0 Å². The molecule has 3 heteroatoms. The minimum Gasteiger partial charge on any atom is -0.342 e. The molecule has 2 fully saturated rings. The topological polar surface area (TPSA) is 46.3 Å². The van der Waals surface area contributed by atoms with Crippen LogP contribution in [-0.2, 0) is 4.79 Å². The summed E-state index contributed by atoms with van der Waals surface area (Å²) in [5.74, 6) is 1.98. The Balaban J connectivity index is 1.90. The molecule has 3 nitrogen and oxygen atoms in total. The lowest BCUT2D eigenvalue weighted by atomic mass is 9.84. The van der Waals surface area contributed by atoms with Gasteiger partial charge in [0, 0.05) is 25.0 Å². The van der Waals surface area contributed by atoms with Crippen LogP contribution in [0.4, 0.5) is 0 Å². The summed E-state index contributed by atoms with van der Waals surface area (Å²) in [5, 5.41) is 0. The van der Waals surface area contributed by atoms with E-state index < -0.39 is 0 Å². The van der Waals surface area contributed by atoms with Crippen molar-refractivity contribution in [1.29, 1.82) is 0 Å². The third-order valence-electron chi connectivity index (χ3n) is 4.30. The quantitative estimate of drug-likeness (QED) is 0.759. The molecule has 2 unspecified atom stereocenters. The molecule has 2 N–H and O–H groups in total. The molecule has 1 amide bonds. The van der Waals surface area contributed by atoms with E-state index in [0.717, 1.165) is 38.8 Å². The molecule has 0 spiro atoms. The first kappa shape index (κ1) is 12.9. The van der Waals surface area contributed by atoms with E-state index in [-0.39, 0.29) is 5.92 Å². The highest BCUT2D eigenvalue weighted by atomic mass is 16.2. The summed E-state index contributed by atoms with van der Waals surface area (Å²) >= 11 is 0. The molecular formula is C14H26N2O. The lowest BCUT2D eigenvalue weighted by Gasteiger charge is -2.38. The van der Waals surface area contributed by atoms with Crippen molar-refractivity contribution in [3.8, 4) is 0 Å². The van der Waals surface area contributed by atoms with Crippen LogP contribution < -0.4 is 5.73 Å². The minimum atomic E-state index is 0.257. The molecule has 17 heavy (non-hydrogen) atoms. The number of carbonyl (C=O) groups excluding carboxylic acids is 1. The number of amides is 1. The van der Waals surface area contributed by atoms with Crippen molar-refractivity contribution >= 4 is 5.91 Å². The minimum absolute atomic E-state index is 0.257. The van der Waals surface area contributed by atoms with E-state index in [9.17, 15) is 4.79 Å². The van der Waals surface area contributed by atoms with Gasteiger partial charge in [-0.05, 0) is 43.9 Å². The van der Waals surface area contributed by atoms with Crippen LogP contribution in [0.3, 0.4) is 0 Å². The van der Waals surface area contributed by atoms with Gasteiger partial charge in [-0.25, -0.2) is 0 Å². The van der Waals surface area contributed by atoms with Crippen LogP contribution >= 0.6 is 0 Å². The van der Waals surface area contributed by atoms with Gasteiger partial charge in [0.05, 0.1) is 0 Å². The molecule has 2 atom stereocenters. The number of hydrogen-bond acceptors (Lipinski definition) is 2. The van der Waals surface area contributed by atoms with Crippen molar-refractivity contribution in [3.63, 3.8) is 0 Å². The zero-order valence-corrected chi connectivity index (χ0v) is 11.2. The zero-order valence-electron chi connectivity index (χ0n) is 11.2. The Labute approximate surface area is 105 Å². The smallest absolute Gasteiger partial charge is 0.225 e. The van der Waals surface area contributed by atoms with Crippen molar-refractivity contribution in [2.75, 3.05) is 13.1 Å². The normalized spacial score (nSPS) is 39.1. The highest BCUT2D eigenvalue weighted by Gasteiger charge is 2.31. The largest absolute Gasteiger partial charge is 0.342 e. The van der Waals surface area contributed by atoms with Crippen LogP contribution in [0.25, 0.3) is 0 Å². The van der Waals surface area contributed by atoms with E-state index >= 15 is 0 Å². The van der Waals surface area contributed by atoms with Crippen molar-refractivity contribution in [2.45, 2.75) is 52.0 Å². The SMILES string of the molecule is CC1CC(C)CN(C(=O)C2CCC(N)CC2)C1. The van der Waals surface area contributed by atoms with Crippen molar-refractivity contribution < 1.29 is 4.79 Å². The third-order valence-corrected chi connectivity index (χ3v) is 4.30. The van der Waals surface area contributed by atoms with E-state index in [1.54, 1.807) is 0 Å². The summed E-state index contributed by atoms with van der Waals surface area (Å²) in [4.78, 5) is 14.5. The van der Waals surface area contributed by atoms with Gasteiger partial charge in [-0.3, -0.25) is 4.79 Å². The summed E-state index contributed by atoms with van der Waals surface area (Å²) < 4.78 is 0. The second kappa shape index (κ2) is 5.38. The first-order valence-corrected chi connectivity index (χ1v) is 7.10. The van der Waals surface area contributed by atoms with Crippen molar-refractivity contribution in [1.82, 2.24) is 4.90 Å². The molecule has 1 aliphatic heterocycles. The first-order valence-electron chi connectivity index (χ1n) is 7.10. The van der Waals surface area contributed by atoms with Gasteiger partial charge in [0.25, 0.3) is 0 Å². The maximum absolute atomic E-state index is 12.4. The van der Waals surface area contributed by atoms with Gasteiger partial charge in [-0.1, -0.05) is 13.8 Å². The molecule has 2 rings (SSSR count). The van der Waals surface area contributed by atoms with Gasteiger partial charge in [0.2, 0.25) is 5.91 Å². The Morgan fingerprint density at radius 2 is 1.59 bits per heavy atom. The number of piperidine rings is 1. The van der Waals surface area contributed by atoms with Crippen LogP contribution in [0.1, 0.15) is 46.0 Å². The maximum atomic E-state index is 12.4. The zero-order chi connectivity index (χ0) is 12.4. The van der Waals surface area contributed by atoms with Gasteiger partial charge in [0.1, 0.15) is 0 Å². The fraction of sp³-hybridized carbons (Fsp3) is 0.929. The van der Waals surface area contributed by atoms with E-state index in [4.69, 9.17) is 5.73 Å². The van der Waals surface area contributed by atoms with Crippen molar-refractivity contribution in [3.05, 3.63) is 0 Å². The number of nitrogens with two attached hydrogens (primary N) is 1. The van der Waals surface area contributed by atoms with Crippen LogP contribution in [0.15, 0.2) is 0 Å². The van der Waals surface area contributed by atoms with Crippen LogP contribution in [0.2, 0.25) is 0 Å². The van der Waals surface area contributed by atoms with E-state index in [2.05, 4.69) is 18.7 Å². The number of likely N-dealkylation sites (tertiary alicyclic amines) is 1. The molecule has 0 bridgehead atoms. The standard InChI is InChI=1S/C14H26N2O/c1-10-7-11(2)9-16(8-10)14(17)12-3-5-13(15)6-4-12/h10-13H,3-9,15H2,1-2H3. The molecule has 0 aromatic rings. The van der Waals surface area contributed by atoms with E-state index in [1.807, 2.05) is 0 Å². The number of nitrogens with zero attached hydrogens (tertiary/aromatic N) is 1. The molecule has 0 radical (unpaired) electrons. The second-order valence-corrected chi connectivity index (χ2v) is 6.30. The van der Waals surface area contributed by atoms with Crippen LogP contribution in [0, 0.1) is 17.8 Å². The van der Waals surface area contributed by atoms with Crippen molar-refractivity contribution in [2.24, 2.45) is 23.5 Å². The third kappa shape index (κ3) is 3.21. The Morgan fingerprint density at radius 1 is 1.06 bits per heavy atom. The molecule has 0 aromatic carbocycles. The molecule has 2 aliphatic rings. The summed E-state index contributed by atoms with van der Waals surface area (Å²) in [7, 11) is 0. The summed E-state index contributed by atoms with van der Waals surface area (Å²) in [6.45, 7) is 6.44. The predicted octanol–water partition coefficient (Wildman–Crippen LogP) is 2.01. The lowest BCUT2D eigenvalue weighted by Crippen LogP contribution is -2.46. The molecule has 1 heterocycles. The Bertz CT molecular complexity index is 261. The Kier molecular flexibility index (Phi) is 4.08. The van der Waals surface area contributed by atoms with E-state index in [0.29, 0.717) is 23.8 Å². The van der Waals surface area contributed by atoms with Gasteiger partial charge in [-0.2, -0.15) is 0 Å². The molecule has 1 aliphatic carbocycles. The summed E-state index contributed by atoms with van der Waals surface area (Å²) in [5.41, 5.74) is 5.89. The lowest BCUT2D eigenvalue weighted by molar-refractivity contribution is -0.139. The highest BCUT2D eigenvalue weighted by molar-refractivity contribution is 5.79. The molecule has 1 saturated heterocycles. The second-order valence-electron chi connectivity index (χ2n) is 6.30. The molecular weight excluding hydrogens is 212 g/mol. The Hall–Kier alpha value is -0.570. The van der Waals surface area contributed by atoms with Gasteiger partial charge < -0.3 is 10.6 Å². The average Bonchev–Trinajstić information content (AvgIpc) is 2.28. The monoisotopic (exact) mass is 238 g/mol. The van der Waals surface area contributed by atoms with Gasteiger partial charge >= 0.3 is 0 Å². The number of carbonyl (C=O) groups is 1. The highest BCUT2D eigenvalue weighted by Crippen LogP contribution is 2.28. The summed E-state index contributed by atoms with van der Waals surface area (Å²) in [6.07, 6.45) is 5.31. The number of hydrogen-bond donors (Lipinski definition) is 1. The average molecular weight is 238 g/mol. The van der Waals surface area contributed by atoms with Gasteiger partial charge in [0.15, 0.2) is 0 Å². The van der Waals surface area contributed by atoms with E-state index in [1.165, 1.54) is 6.42 Å². The van der Waals surface area contributed by atoms with Crippen LogP contribution in [-0.4, -0.2) is 29.9 Å². The molecule has 1 saturated carbocycles. The molecule has 0 aromatic heterocycles. The predicted molar refractivity (Wildman–Crippen MR) is 69.5 cm³/mol. The molecule has 98 valence electrons. The fourth-order valence-electron chi connectivity index (χ4n) is 3.47. The first-order chi connectivity index (χ1) is 8.06. The summed E-state index contributed by atoms with van der Waals surface area (Å²) in [6, 6.07) is 0.332. The maximum Gasteiger partial charge on any atom is 0.225 e. The fourth-order valence-corrected chi connectivity index (χ4v) is 3.47. The number of rotatable bonds is 1. The Morgan fingerprint density at radius 3 is 2.12 bits per heavy atom. The van der Waals surface area contributed by atoms with Gasteiger partial charge in [-0.15, -0.1) is 0 Å².